The van der Waals surface area contributed by atoms with Crippen molar-refractivity contribution >= 4 is 17.8 Å². The molecule has 3 N–H and O–H groups in total. The van der Waals surface area contributed by atoms with Crippen LogP contribution in [0.2, 0.25) is 0 Å². The Kier molecular flexibility index (Phi) is 10.9. The number of benzene rings is 3. The fourth-order valence-corrected chi connectivity index (χ4v) is 5.40. The second-order valence-electron chi connectivity index (χ2n) is 10.3. The number of hydrogen-bond donors (Lipinski definition) is 2. The SMILES string of the molecule is NC(=O)OCc1cccc(CCC(=O)O)c1C1CCC(OCCCOc2ccc(C(=O)c3ccccc3)cc2)CC1. The van der Waals surface area contributed by atoms with Gasteiger partial charge in [-0.15, -0.1) is 0 Å². The van der Waals surface area contributed by atoms with E-state index in [0.29, 0.717) is 36.5 Å². The van der Waals surface area contributed by atoms with Gasteiger partial charge in [-0.2, -0.15) is 0 Å². The van der Waals surface area contributed by atoms with Crippen LogP contribution < -0.4 is 10.5 Å². The molecule has 4 rings (SSSR count). The number of carboxylic acids is 1. The van der Waals surface area contributed by atoms with Crippen molar-refractivity contribution in [2.75, 3.05) is 13.2 Å². The van der Waals surface area contributed by atoms with Crippen LogP contribution in [0.1, 0.15) is 77.1 Å². The summed E-state index contributed by atoms with van der Waals surface area (Å²) in [5, 5.41) is 9.19. The molecular weight excluding hydrogens is 522 g/mol. The van der Waals surface area contributed by atoms with Crippen LogP contribution in [0.3, 0.4) is 0 Å². The van der Waals surface area contributed by atoms with E-state index in [1.54, 1.807) is 24.3 Å². The predicted octanol–water partition coefficient (Wildman–Crippen LogP) is 6.04. The summed E-state index contributed by atoms with van der Waals surface area (Å²) >= 11 is 0. The van der Waals surface area contributed by atoms with E-state index in [4.69, 9.17) is 19.9 Å². The van der Waals surface area contributed by atoms with Gasteiger partial charge in [0.05, 0.1) is 19.3 Å². The number of ketones is 1. The summed E-state index contributed by atoms with van der Waals surface area (Å²) in [6.07, 6.45) is 4.15. The minimum absolute atomic E-state index is 0.0146. The highest BCUT2D eigenvalue weighted by Crippen LogP contribution is 2.38. The number of carbonyl (C=O) groups is 3. The van der Waals surface area contributed by atoms with Crippen LogP contribution in [-0.2, 0) is 27.3 Å². The lowest BCUT2D eigenvalue weighted by molar-refractivity contribution is -0.136. The van der Waals surface area contributed by atoms with E-state index in [0.717, 1.165) is 48.8 Å². The van der Waals surface area contributed by atoms with Crippen LogP contribution in [-0.4, -0.2) is 42.3 Å². The largest absolute Gasteiger partial charge is 0.494 e. The molecule has 216 valence electrons. The van der Waals surface area contributed by atoms with Crippen LogP contribution in [0.4, 0.5) is 4.79 Å². The van der Waals surface area contributed by atoms with Crippen LogP contribution >= 0.6 is 0 Å². The Morgan fingerprint density at radius 3 is 2.17 bits per heavy atom. The van der Waals surface area contributed by atoms with Crippen molar-refractivity contribution in [3.05, 3.63) is 101 Å². The summed E-state index contributed by atoms with van der Waals surface area (Å²) in [5.41, 5.74) is 9.41. The molecule has 3 aromatic carbocycles. The Labute approximate surface area is 240 Å². The number of aryl methyl sites for hydroxylation is 1. The third-order valence-electron chi connectivity index (χ3n) is 7.41. The maximum absolute atomic E-state index is 12.5. The molecule has 8 heteroatoms. The van der Waals surface area contributed by atoms with E-state index >= 15 is 0 Å². The number of hydrogen-bond acceptors (Lipinski definition) is 6. The molecule has 1 fully saturated rings. The highest BCUT2D eigenvalue weighted by molar-refractivity contribution is 6.08. The first-order valence-electron chi connectivity index (χ1n) is 14.1. The standard InChI is InChI=1S/C33H37NO7/c34-33(38)41-22-27-9-4-8-23(14-19-30(35)36)31(27)24-10-15-28(16-11-24)39-20-5-21-40-29-17-12-26(13-18-29)32(37)25-6-2-1-3-7-25/h1-4,6-9,12-13,17-18,24,28H,5,10-11,14-16,19-22H2,(H2,34,38)(H,35,36). The van der Waals surface area contributed by atoms with E-state index in [1.165, 1.54) is 0 Å². The number of primary amides is 1. The third kappa shape index (κ3) is 8.91. The summed E-state index contributed by atoms with van der Waals surface area (Å²) < 4.78 is 17.0. The number of carbonyl (C=O) groups excluding carboxylic acids is 2. The lowest BCUT2D eigenvalue weighted by Gasteiger charge is -2.31. The van der Waals surface area contributed by atoms with E-state index < -0.39 is 12.1 Å². The number of aliphatic carboxylic acids is 1. The van der Waals surface area contributed by atoms with Crippen molar-refractivity contribution in [2.24, 2.45) is 5.73 Å². The van der Waals surface area contributed by atoms with Crippen LogP contribution in [0.5, 0.6) is 5.75 Å². The van der Waals surface area contributed by atoms with Gasteiger partial charge >= 0.3 is 12.1 Å². The Hall–Kier alpha value is -4.17. The fraction of sp³-hybridized carbons (Fsp3) is 0.364. The number of carboxylic acid groups (broad SMARTS) is 1. The molecule has 0 bridgehead atoms. The van der Waals surface area contributed by atoms with Crippen molar-refractivity contribution in [1.82, 2.24) is 0 Å². The van der Waals surface area contributed by atoms with Crippen molar-refractivity contribution in [2.45, 2.75) is 63.6 Å². The van der Waals surface area contributed by atoms with E-state index in [1.807, 2.05) is 48.5 Å². The Morgan fingerprint density at radius 1 is 0.805 bits per heavy atom. The summed E-state index contributed by atoms with van der Waals surface area (Å²) in [5.74, 6) is 0.101. The first kappa shape index (κ1) is 29.8. The second kappa shape index (κ2) is 15.0. The third-order valence-corrected chi connectivity index (χ3v) is 7.41. The van der Waals surface area contributed by atoms with Crippen molar-refractivity contribution in [3.8, 4) is 5.75 Å². The normalized spacial score (nSPS) is 16.6. The molecule has 0 heterocycles. The molecule has 0 aromatic heterocycles. The van der Waals surface area contributed by atoms with Crippen molar-refractivity contribution < 1.29 is 33.7 Å². The van der Waals surface area contributed by atoms with Gasteiger partial charge in [-0.25, -0.2) is 4.79 Å². The minimum Gasteiger partial charge on any atom is -0.494 e. The number of rotatable bonds is 14. The monoisotopic (exact) mass is 559 g/mol. The first-order valence-corrected chi connectivity index (χ1v) is 14.1. The Balaban J connectivity index is 1.21. The molecule has 1 saturated carbocycles. The van der Waals surface area contributed by atoms with Gasteiger partial charge in [-0.3, -0.25) is 9.59 Å². The molecule has 0 spiro atoms. The van der Waals surface area contributed by atoms with Crippen molar-refractivity contribution in [1.29, 1.82) is 0 Å². The van der Waals surface area contributed by atoms with E-state index in [2.05, 4.69) is 0 Å². The fourth-order valence-electron chi connectivity index (χ4n) is 5.40. The quantitative estimate of drug-likeness (QED) is 0.182. The number of ether oxygens (including phenoxy) is 3. The molecule has 1 aliphatic rings. The zero-order valence-electron chi connectivity index (χ0n) is 23.1. The number of amides is 1. The summed E-state index contributed by atoms with van der Waals surface area (Å²) in [7, 11) is 0. The highest BCUT2D eigenvalue weighted by Gasteiger charge is 2.26. The molecule has 0 aliphatic heterocycles. The van der Waals surface area contributed by atoms with Gasteiger partial charge in [0.25, 0.3) is 0 Å². The summed E-state index contributed by atoms with van der Waals surface area (Å²) in [4.78, 5) is 34.9. The van der Waals surface area contributed by atoms with Gasteiger partial charge in [0, 0.05) is 24.0 Å². The van der Waals surface area contributed by atoms with Gasteiger partial charge in [-0.05, 0) is 79.0 Å². The van der Waals surface area contributed by atoms with Crippen molar-refractivity contribution in [3.63, 3.8) is 0 Å². The molecule has 0 saturated heterocycles. The van der Waals surface area contributed by atoms with Crippen LogP contribution in [0.25, 0.3) is 0 Å². The molecule has 41 heavy (non-hydrogen) atoms. The lowest BCUT2D eigenvalue weighted by Crippen LogP contribution is -2.23. The zero-order chi connectivity index (χ0) is 29.0. The first-order chi connectivity index (χ1) is 19.9. The molecule has 0 unspecified atom stereocenters. The maximum atomic E-state index is 12.5. The molecule has 0 radical (unpaired) electrons. The summed E-state index contributed by atoms with van der Waals surface area (Å²) in [6, 6.07) is 22.1. The Bertz CT molecular complexity index is 1260. The van der Waals surface area contributed by atoms with Gasteiger partial charge in [0.15, 0.2) is 5.78 Å². The van der Waals surface area contributed by atoms with Crippen LogP contribution in [0, 0.1) is 0 Å². The lowest BCUT2D eigenvalue weighted by atomic mass is 9.78. The average molecular weight is 560 g/mol. The Morgan fingerprint density at radius 2 is 1.49 bits per heavy atom. The van der Waals surface area contributed by atoms with E-state index in [-0.39, 0.29) is 30.8 Å². The van der Waals surface area contributed by atoms with E-state index in [9.17, 15) is 19.5 Å². The molecule has 8 nitrogen and oxygen atoms in total. The number of nitrogens with two attached hydrogens (primary N) is 1. The smallest absolute Gasteiger partial charge is 0.404 e. The summed E-state index contributed by atoms with van der Waals surface area (Å²) in [6.45, 7) is 1.18. The molecule has 0 atom stereocenters. The maximum Gasteiger partial charge on any atom is 0.404 e. The second-order valence-corrected chi connectivity index (χ2v) is 10.3. The minimum atomic E-state index is -0.842. The highest BCUT2D eigenvalue weighted by atomic mass is 16.5. The molecule has 1 aliphatic carbocycles. The molecule has 1 amide bonds. The van der Waals surface area contributed by atoms with Gasteiger partial charge < -0.3 is 25.1 Å². The van der Waals surface area contributed by atoms with Gasteiger partial charge in [0.1, 0.15) is 12.4 Å². The molecular formula is C33H37NO7. The van der Waals surface area contributed by atoms with Gasteiger partial charge in [0.2, 0.25) is 0 Å². The average Bonchev–Trinajstić information content (AvgIpc) is 2.99. The topological polar surface area (TPSA) is 125 Å². The molecule has 3 aromatic rings. The zero-order valence-corrected chi connectivity index (χ0v) is 23.1. The predicted molar refractivity (Wildman–Crippen MR) is 154 cm³/mol. The van der Waals surface area contributed by atoms with Crippen LogP contribution in [0.15, 0.2) is 72.8 Å². The van der Waals surface area contributed by atoms with Gasteiger partial charge in [-0.1, -0.05) is 48.5 Å².